The predicted octanol–water partition coefficient (Wildman–Crippen LogP) is 1.75. The first-order valence-corrected chi connectivity index (χ1v) is 2.99. The van der Waals surface area contributed by atoms with E-state index in [0.29, 0.717) is 5.03 Å². The Bertz CT molecular complexity index is 147. The van der Waals surface area contributed by atoms with Gasteiger partial charge < -0.3 is 5.73 Å². The number of hydrogen-bond donors (Lipinski definition) is 1. The molecule has 0 amide bonds. The Morgan fingerprint density at radius 1 is 1.62 bits per heavy atom. The molecule has 0 saturated heterocycles. The summed E-state index contributed by atoms with van der Waals surface area (Å²) in [5.41, 5.74) is 6.29. The molecule has 0 spiro atoms. The first-order valence-electron chi connectivity index (χ1n) is 2.61. The normalized spacial score (nSPS) is 19.6. The number of rotatable bonds is 0. The van der Waals surface area contributed by atoms with Crippen molar-refractivity contribution in [1.82, 2.24) is 0 Å². The molecule has 8 heavy (non-hydrogen) atoms. The lowest BCUT2D eigenvalue weighted by Crippen LogP contribution is -2.00. The van der Waals surface area contributed by atoms with Crippen molar-refractivity contribution >= 4 is 11.6 Å². The molecule has 2 heteroatoms. The van der Waals surface area contributed by atoms with Crippen molar-refractivity contribution in [3.05, 3.63) is 22.9 Å². The van der Waals surface area contributed by atoms with Gasteiger partial charge in [-0.25, -0.2) is 0 Å². The molecule has 0 fully saturated rings. The summed E-state index contributed by atoms with van der Waals surface area (Å²) in [5, 5.41) is 0.705. The Kier molecular flexibility index (Phi) is 1.59. The fourth-order valence-corrected chi connectivity index (χ4v) is 0.836. The predicted molar refractivity (Wildman–Crippen MR) is 35.4 cm³/mol. The van der Waals surface area contributed by atoms with Gasteiger partial charge in [0.05, 0.1) is 5.03 Å². The third-order valence-corrected chi connectivity index (χ3v) is 1.52. The van der Waals surface area contributed by atoms with Crippen molar-refractivity contribution in [3.63, 3.8) is 0 Å². The number of nitrogens with two attached hydrogens (primary N) is 1. The lowest BCUT2D eigenvalue weighted by molar-refractivity contribution is 0.938. The summed E-state index contributed by atoms with van der Waals surface area (Å²) in [6.07, 6.45) is 5.82. The first kappa shape index (κ1) is 5.70. The van der Waals surface area contributed by atoms with Crippen LogP contribution in [-0.2, 0) is 0 Å². The Morgan fingerprint density at radius 2 is 2.38 bits per heavy atom. The van der Waals surface area contributed by atoms with Crippen LogP contribution in [0.2, 0.25) is 0 Å². The second-order valence-corrected chi connectivity index (χ2v) is 2.22. The van der Waals surface area contributed by atoms with E-state index in [2.05, 4.69) is 0 Å². The van der Waals surface area contributed by atoms with Crippen molar-refractivity contribution in [2.45, 2.75) is 12.8 Å². The molecule has 0 radical (unpaired) electrons. The van der Waals surface area contributed by atoms with Gasteiger partial charge in [0.25, 0.3) is 0 Å². The van der Waals surface area contributed by atoms with Crippen LogP contribution in [0.3, 0.4) is 0 Å². The van der Waals surface area contributed by atoms with Crippen LogP contribution in [0.1, 0.15) is 12.8 Å². The summed E-state index contributed by atoms with van der Waals surface area (Å²) in [7, 11) is 0. The molecule has 1 aliphatic carbocycles. The standard InChI is InChI=1S/C6H8ClN/c7-5-3-1-2-4-6(5)8/h1,3H,2,4,8H2. The molecule has 0 heterocycles. The Labute approximate surface area is 53.8 Å². The van der Waals surface area contributed by atoms with Crippen LogP contribution in [0.15, 0.2) is 22.9 Å². The van der Waals surface area contributed by atoms with Crippen molar-refractivity contribution < 1.29 is 0 Å². The molecule has 0 aliphatic heterocycles. The fraction of sp³-hybridized carbons (Fsp3) is 0.333. The Balaban J connectivity index is 2.76. The molecule has 0 atom stereocenters. The molecule has 0 aromatic heterocycles. The number of halogens is 1. The van der Waals surface area contributed by atoms with Crippen LogP contribution in [0.25, 0.3) is 0 Å². The average Bonchev–Trinajstić information content (AvgIpc) is 1.77. The van der Waals surface area contributed by atoms with Gasteiger partial charge in [0.15, 0.2) is 0 Å². The molecule has 1 aliphatic rings. The highest BCUT2D eigenvalue weighted by Gasteiger charge is 1.99. The van der Waals surface area contributed by atoms with Gasteiger partial charge in [-0.05, 0) is 18.9 Å². The van der Waals surface area contributed by atoms with Crippen LogP contribution in [-0.4, -0.2) is 0 Å². The minimum absolute atomic E-state index is 0.705. The van der Waals surface area contributed by atoms with Gasteiger partial charge in [-0.3, -0.25) is 0 Å². The molecule has 1 rings (SSSR count). The Morgan fingerprint density at radius 3 is 2.75 bits per heavy atom. The highest BCUT2D eigenvalue weighted by Crippen LogP contribution is 2.16. The molecular formula is C6H8ClN. The van der Waals surface area contributed by atoms with Crippen molar-refractivity contribution in [1.29, 1.82) is 0 Å². The third kappa shape index (κ3) is 1.04. The zero-order valence-electron chi connectivity index (χ0n) is 4.52. The molecular weight excluding hydrogens is 122 g/mol. The fourth-order valence-electron chi connectivity index (χ4n) is 0.652. The molecule has 0 aromatic carbocycles. The second kappa shape index (κ2) is 2.23. The van der Waals surface area contributed by atoms with E-state index in [-0.39, 0.29) is 0 Å². The second-order valence-electron chi connectivity index (χ2n) is 1.81. The van der Waals surface area contributed by atoms with Crippen LogP contribution in [0.4, 0.5) is 0 Å². The van der Waals surface area contributed by atoms with Crippen molar-refractivity contribution in [2.75, 3.05) is 0 Å². The van der Waals surface area contributed by atoms with E-state index in [4.69, 9.17) is 17.3 Å². The van der Waals surface area contributed by atoms with Gasteiger partial charge in [-0.1, -0.05) is 17.7 Å². The van der Waals surface area contributed by atoms with Gasteiger partial charge in [0, 0.05) is 5.70 Å². The van der Waals surface area contributed by atoms with Gasteiger partial charge >= 0.3 is 0 Å². The maximum atomic E-state index is 5.63. The van der Waals surface area contributed by atoms with Crippen LogP contribution < -0.4 is 5.73 Å². The zero-order chi connectivity index (χ0) is 5.98. The van der Waals surface area contributed by atoms with Gasteiger partial charge in [0.1, 0.15) is 0 Å². The lowest BCUT2D eigenvalue weighted by Gasteiger charge is -2.04. The molecule has 0 aromatic rings. The molecule has 44 valence electrons. The minimum Gasteiger partial charge on any atom is -0.401 e. The summed E-state index contributed by atoms with van der Waals surface area (Å²) < 4.78 is 0. The maximum absolute atomic E-state index is 5.63. The van der Waals surface area contributed by atoms with Gasteiger partial charge in [-0.15, -0.1) is 0 Å². The van der Waals surface area contributed by atoms with E-state index in [0.717, 1.165) is 18.5 Å². The Hall–Kier alpha value is -0.430. The molecule has 1 nitrogen and oxygen atoms in total. The van der Waals surface area contributed by atoms with E-state index in [1.54, 1.807) is 0 Å². The van der Waals surface area contributed by atoms with Crippen molar-refractivity contribution in [3.8, 4) is 0 Å². The lowest BCUT2D eigenvalue weighted by atomic mass is 10.1. The molecule has 0 unspecified atom stereocenters. The molecule has 0 saturated carbocycles. The molecule has 2 N–H and O–H groups in total. The van der Waals surface area contributed by atoms with Crippen LogP contribution in [0.5, 0.6) is 0 Å². The number of hydrogen-bond acceptors (Lipinski definition) is 1. The SMILES string of the molecule is NC1=C(Cl)C=CCC1. The summed E-state index contributed by atoms with van der Waals surface area (Å²) >= 11 is 5.63. The smallest absolute Gasteiger partial charge is 0.0590 e. The highest BCUT2D eigenvalue weighted by molar-refractivity contribution is 6.31. The largest absolute Gasteiger partial charge is 0.401 e. The zero-order valence-corrected chi connectivity index (χ0v) is 5.28. The summed E-state index contributed by atoms with van der Waals surface area (Å²) in [6, 6.07) is 0. The van der Waals surface area contributed by atoms with E-state index >= 15 is 0 Å². The summed E-state index contributed by atoms with van der Waals surface area (Å²) in [6.45, 7) is 0. The van der Waals surface area contributed by atoms with Crippen molar-refractivity contribution in [2.24, 2.45) is 5.73 Å². The quantitative estimate of drug-likeness (QED) is 0.530. The van der Waals surface area contributed by atoms with E-state index in [1.165, 1.54) is 0 Å². The monoisotopic (exact) mass is 129 g/mol. The third-order valence-electron chi connectivity index (χ3n) is 1.15. The van der Waals surface area contributed by atoms with Crippen LogP contribution >= 0.6 is 11.6 Å². The summed E-state index contributed by atoms with van der Waals surface area (Å²) in [5.74, 6) is 0. The highest BCUT2D eigenvalue weighted by atomic mass is 35.5. The van der Waals surface area contributed by atoms with Gasteiger partial charge in [-0.2, -0.15) is 0 Å². The average molecular weight is 130 g/mol. The minimum atomic E-state index is 0.705. The first-order chi connectivity index (χ1) is 3.80. The molecule has 0 bridgehead atoms. The number of allylic oxidation sites excluding steroid dienone is 4. The van der Waals surface area contributed by atoms with Gasteiger partial charge in [0.2, 0.25) is 0 Å². The van der Waals surface area contributed by atoms with E-state index in [1.807, 2.05) is 12.2 Å². The van der Waals surface area contributed by atoms with E-state index in [9.17, 15) is 0 Å². The summed E-state index contributed by atoms with van der Waals surface area (Å²) in [4.78, 5) is 0. The van der Waals surface area contributed by atoms with E-state index < -0.39 is 0 Å². The topological polar surface area (TPSA) is 26.0 Å². The maximum Gasteiger partial charge on any atom is 0.0590 e. The van der Waals surface area contributed by atoms with Crippen LogP contribution in [0, 0.1) is 0 Å².